The summed E-state index contributed by atoms with van der Waals surface area (Å²) in [5.74, 6) is 0.686. The summed E-state index contributed by atoms with van der Waals surface area (Å²) in [6, 6.07) is 4.78. The highest BCUT2D eigenvalue weighted by atomic mass is 32.2. The van der Waals surface area contributed by atoms with Crippen molar-refractivity contribution in [2.45, 2.75) is 31.8 Å². The minimum atomic E-state index is -0.786. The molecule has 2 N–H and O–H groups in total. The Labute approximate surface area is 153 Å². The fraction of sp³-hybridized carbons (Fsp3) is 0.529. The normalized spacial score (nSPS) is 25.8. The van der Waals surface area contributed by atoms with Crippen molar-refractivity contribution in [1.29, 1.82) is 0 Å². The van der Waals surface area contributed by atoms with Gasteiger partial charge in [0.1, 0.15) is 11.9 Å². The molecule has 2 saturated heterocycles. The number of amides is 2. The van der Waals surface area contributed by atoms with Gasteiger partial charge in [-0.15, -0.1) is 0 Å². The highest BCUT2D eigenvalue weighted by molar-refractivity contribution is 7.85. The van der Waals surface area contributed by atoms with Crippen molar-refractivity contribution in [1.82, 2.24) is 10.9 Å². The quantitative estimate of drug-likeness (QED) is 0.751. The molecule has 2 heterocycles. The van der Waals surface area contributed by atoms with Crippen LogP contribution >= 0.6 is 0 Å². The van der Waals surface area contributed by atoms with Crippen molar-refractivity contribution < 1.29 is 22.9 Å². The maximum absolute atomic E-state index is 14.6. The van der Waals surface area contributed by atoms with Crippen LogP contribution in [0.25, 0.3) is 0 Å². The molecule has 9 heteroatoms. The zero-order chi connectivity index (χ0) is 18.7. The van der Waals surface area contributed by atoms with E-state index in [1.54, 1.807) is 12.1 Å². The number of nitrogens with one attached hydrogen (secondary N) is 2. The summed E-state index contributed by atoms with van der Waals surface area (Å²) < 4.78 is 31.3. The maximum Gasteiger partial charge on any atom is 0.414 e. The van der Waals surface area contributed by atoms with Gasteiger partial charge in [-0.05, 0) is 36.5 Å². The molecule has 2 aliphatic heterocycles. The summed E-state index contributed by atoms with van der Waals surface area (Å²) in [5, 5.41) is 0. The van der Waals surface area contributed by atoms with Crippen LogP contribution < -0.4 is 15.8 Å². The van der Waals surface area contributed by atoms with E-state index in [0.717, 1.165) is 0 Å². The van der Waals surface area contributed by atoms with E-state index in [1.807, 2.05) is 0 Å². The Balaban J connectivity index is 1.64. The number of carbonyl (C=O) groups excluding carboxylic acids is 2. The summed E-state index contributed by atoms with van der Waals surface area (Å²) in [7, 11) is -0.786. The topological polar surface area (TPSA) is 87.7 Å². The van der Waals surface area contributed by atoms with Gasteiger partial charge in [0.15, 0.2) is 0 Å². The van der Waals surface area contributed by atoms with Crippen LogP contribution in [0.15, 0.2) is 18.2 Å². The molecule has 0 spiro atoms. The second kappa shape index (κ2) is 8.13. The summed E-state index contributed by atoms with van der Waals surface area (Å²) in [5.41, 5.74) is 6.16. The van der Waals surface area contributed by atoms with Gasteiger partial charge in [-0.1, -0.05) is 6.07 Å². The molecule has 0 bridgehead atoms. The summed E-state index contributed by atoms with van der Waals surface area (Å²) >= 11 is 0. The molecule has 0 aliphatic carbocycles. The molecule has 0 unspecified atom stereocenters. The van der Waals surface area contributed by atoms with E-state index in [0.29, 0.717) is 35.6 Å². The number of anilines is 1. The third kappa shape index (κ3) is 4.39. The van der Waals surface area contributed by atoms with Gasteiger partial charge in [0.05, 0.1) is 18.8 Å². The lowest BCUT2D eigenvalue weighted by Crippen LogP contribution is -2.41. The van der Waals surface area contributed by atoms with Gasteiger partial charge < -0.3 is 4.74 Å². The first kappa shape index (κ1) is 18.8. The fourth-order valence-corrected chi connectivity index (χ4v) is 4.55. The Morgan fingerprint density at radius 3 is 2.77 bits per heavy atom. The average Bonchev–Trinajstić information content (AvgIpc) is 2.96. The number of hydrogen-bond donors (Lipinski definition) is 2. The highest BCUT2D eigenvalue weighted by Crippen LogP contribution is 2.32. The van der Waals surface area contributed by atoms with Gasteiger partial charge in [-0.3, -0.25) is 19.3 Å². The SMILES string of the molecule is CC(=O)NNC[C@H]1CN(c2ccc(C3CCS(=O)CC3)c(F)c2)C(=O)O1. The number of hydrogen-bond acceptors (Lipinski definition) is 5. The maximum atomic E-state index is 14.6. The van der Waals surface area contributed by atoms with Gasteiger partial charge in [-0.25, -0.2) is 14.6 Å². The van der Waals surface area contributed by atoms with Crippen molar-refractivity contribution in [3.05, 3.63) is 29.6 Å². The molecule has 26 heavy (non-hydrogen) atoms. The highest BCUT2D eigenvalue weighted by Gasteiger charge is 2.33. The summed E-state index contributed by atoms with van der Waals surface area (Å²) in [4.78, 5) is 24.3. The average molecular weight is 383 g/mol. The van der Waals surface area contributed by atoms with Gasteiger partial charge >= 0.3 is 6.09 Å². The third-order valence-corrected chi connectivity index (χ3v) is 5.97. The number of nitrogens with zero attached hydrogens (tertiary/aromatic N) is 1. The van der Waals surface area contributed by atoms with Crippen LogP contribution in [0.2, 0.25) is 0 Å². The van der Waals surface area contributed by atoms with E-state index in [1.165, 1.54) is 17.9 Å². The lowest BCUT2D eigenvalue weighted by molar-refractivity contribution is -0.120. The first-order valence-electron chi connectivity index (χ1n) is 8.56. The predicted octanol–water partition coefficient (Wildman–Crippen LogP) is 1.42. The molecule has 0 saturated carbocycles. The van der Waals surface area contributed by atoms with Crippen LogP contribution in [0.5, 0.6) is 0 Å². The molecule has 2 amide bonds. The molecule has 142 valence electrons. The van der Waals surface area contributed by atoms with Crippen molar-refractivity contribution >= 4 is 28.5 Å². The van der Waals surface area contributed by atoms with E-state index in [2.05, 4.69) is 10.9 Å². The molecule has 3 rings (SSSR count). The minimum absolute atomic E-state index is 0.0712. The summed E-state index contributed by atoms with van der Waals surface area (Å²) in [6.07, 6.45) is 0.446. The Morgan fingerprint density at radius 2 is 2.12 bits per heavy atom. The first-order chi connectivity index (χ1) is 12.4. The van der Waals surface area contributed by atoms with Crippen molar-refractivity contribution in [3.8, 4) is 0 Å². The first-order valence-corrected chi connectivity index (χ1v) is 10.0. The van der Waals surface area contributed by atoms with Gasteiger partial charge in [0.25, 0.3) is 0 Å². The van der Waals surface area contributed by atoms with Crippen LogP contribution in [0.1, 0.15) is 31.2 Å². The van der Waals surface area contributed by atoms with E-state index >= 15 is 0 Å². The molecule has 1 atom stereocenters. The fourth-order valence-electron chi connectivity index (χ4n) is 3.25. The van der Waals surface area contributed by atoms with Crippen LogP contribution in [-0.2, 0) is 20.3 Å². The van der Waals surface area contributed by atoms with Crippen molar-refractivity contribution in [3.63, 3.8) is 0 Å². The smallest absolute Gasteiger partial charge is 0.414 e. The third-order valence-electron chi connectivity index (χ3n) is 4.59. The van der Waals surface area contributed by atoms with Crippen molar-refractivity contribution in [2.75, 3.05) is 29.5 Å². The van der Waals surface area contributed by atoms with Gasteiger partial charge in [-0.2, -0.15) is 0 Å². The number of ether oxygens (including phenoxy) is 1. The van der Waals surface area contributed by atoms with Crippen LogP contribution in [-0.4, -0.2) is 46.9 Å². The van der Waals surface area contributed by atoms with Crippen LogP contribution in [0, 0.1) is 5.82 Å². The second-order valence-electron chi connectivity index (χ2n) is 6.51. The molecular formula is C17H22FN3O4S. The van der Waals surface area contributed by atoms with Crippen LogP contribution in [0.4, 0.5) is 14.9 Å². The summed E-state index contributed by atoms with van der Waals surface area (Å²) in [6.45, 7) is 1.91. The number of rotatable bonds is 5. The lowest BCUT2D eigenvalue weighted by atomic mass is 9.93. The Kier molecular flexibility index (Phi) is 5.87. The van der Waals surface area contributed by atoms with E-state index in [-0.39, 0.29) is 30.7 Å². The molecule has 0 aromatic heterocycles. The molecule has 1 aromatic carbocycles. The molecule has 0 radical (unpaired) electrons. The van der Waals surface area contributed by atoms with Gasteiger partial charge in [0.2, 0.25) is 5.91 Å². The Hall–Kier alpha value is -2.00. The number of carbonyl (C=O) groups is 2. The Bertz CT molecular complexity index is 720. The number of hydrazine groups is 1. The van der Waals surface area contributed by atoms with Crippen LogP contribution in [0.3, 0.4) is 0 Å². The largest absolute Gasteiger partial charge is 0.442 e. The minimum Gasteiger partial charge on any atom is -0.442 e. The zero-order valence-corrected chi connectivity index (χ0v) is 15.3. The molecule has 2 aliphatic rings. The second-order valence-corrected chi connectivity index (χ2v) is 8.20. The zero-order valence-electron chi connectivity index (χ0n) is 14.5. The number of halogens is 1. The monoisotopic (exact) mass is 383 g/mol. The standard InChI is InChI=1S/C17H22FN3O4S/c1-11(22)20-19-9-14-10-21(17(23)25-14)13-2-3-15(16(18)8-13)12-4-6-26(24)7-5-12/h2-3,8,12,14,19H,4-7,9-10H2,1H3,(H,20,22)/t12?,14-,26?/m0/s1. The van der Waals surface area contributed by atoms with Crippen molar-refractivity contribution in [2.24, 2.45) is 0 Å². The van der Waals surface area contributed by atoms with E-state index < -0.39 is 23.0 Å². The number of cyclic esters (lactones) is 1. The molecular weight excluding hydrogens is 361 g/mol. The molecule has 2 fully saturated rings. The van der Waals surface area contributed by atoms with Gasteiger partial charge in [0, 0.05) is 29.2 Å². The molecule has 7 nitrogen and oxygen atoms in total. The lowest BCUT2D eigenvalue weighted by Gasteiger charge is -2.23. The predicted molar refractivity (Wildman–Crippen MR) is 95.7 cm³/mol. The van der Waals surface area contributed by atoms with E-state index in [4.69, 9.17) is 4.74 Å². The Morgan fingerprint density at radius 1 is 1.38 bits per heavy atom. The van der Waals surface area contributed by atoms with E-state index in [9.17, 15) is 18.2 Å². The number of benzene rings is 1. The molecule has 1 aromatic rings.